The highest BCUT2D eigenvalue weighted by Crippen LogP contribution is 2.16. The molecule has 1 amide bonds. The van der Waals surface area contributed by atoms with Crippen LogP contribution in [0, 0.1) is 6.92 Å². The van der Waals surface area contributed by atoms with Gasteiger partial charge in [0.15, 0.2) is 0 Å². The van der Waals surface area contributed by atoms with Gasteiger partial charge in [-0.15, -0.1) is 0 Å². The highest BCUT2D eigenvalue weighted by atomic mass is 16.2. The number of carbonyl (C=O) groups excluding carboxylic acids is 1. The van der Waals surface area contributed by atoms with E-state index in [1.807, 2.05) is 49.0 Å². The van der Waals surface area contributed by atoms with Crippen LogP contribution in [0.15, 0.2) is 30.6 Å². The standard InChI is InChI=1S/C17H22N6O/c1-13-14(12-19-17(20-13)21(2)3)16(24)23-10-8-22(9-11-23)15-6-4-5-7-18-15/h4-7,12H,8-11H2,1-3H3. The van der Waals surface area contributed by atoms with E-state index >= 15 is 0 Å². The lowest BCUT2D eigenvalue weighted by atomic mass is 10.2. The van der Waals surface area contributed by atoms with E-state index in [1.165, 1.54) is 0 Å². The average Bonchev–Trinajstić information content (AvgIpc) is 2.62. The van der Waals surface area contributed by atoms with Crippen LogP contribution >= 0.6 is 0 Å². The molecule has 0 unspecified atom stereocenters. The third-order valence-electron chi connectivity index (χ3n) is 4.14. The zero-order valence-electron chi connectivity index (χ0n) is 14.3. The Balaban J connectivity index is 1.67. The summed E-state index contributed by atoms with van der Waals surface area (Å²) >= 11 is 0. The maximum atomic E-state index is 12.7. The first-order chi connectivity index (χ1) is 11.6. The van der Waals surface area contributed by atoms with Crippen molar-refractivity contribution in [2.45, 2.75) is 6.92 Å². The van der Waals surface area contributed by atoms with Crippen LogP contribution in [0.25, 0.3) is 0 Å². The third-order valence-corrected chi connectivity index (χ3v) is 4.14. The van der Waals surface area contributed by atoms with Crippen LogP contribution in [0.3, 0.4) is 0 Å². The lowest BCUT2D eigenvalue weighted by Crippen LogP contribution is -2.49. The highest BCUT2D eigenvalue weighted by molar-refractivity contribution is 5.95. The lowest BCUT2D eigenvalue weighted by Gasteiger charge is -2.35. The topological polar surface area (TPSA) is 65.5 Å². The van der Waals surface area contributed by atoms with E-state index in [2.05, 4.69) is 19.9 Å². The average molecular weight is 326 g/mol. The molecule has 1 saturated heterocycles. The Labute approximate surface area is 142 Å². The van der Waals surface area contributed by atoms with Crippen molar-refractivity contribution in [2.75, 3.05) is 50.1 Å². The van der Waals surface area contributed by atoms with Crippen molar-refractivity contribution in [2.24, 2.45) is 0 Å². The number of anilines is 2. The number of piperazine rings is 1. The smallest absolute Gasteiger partial charge is 0.257 e. The number of carbonyl (C=O) groups is 1. The van der Waals surface area contributed by atoms with Crippen LogP contribution in [0.4, 0.5) is 11.8 Å². The first kappa shape index (κ1) is 16.2. The maximum Gasteiger partial charge on any atom is 0.257 e. The van der Waals surface area contributed by atoms with Crippen molar-refractivity contribution in [1.82, 2.24) is 19.9 Å². The predicted molar refractivity (Wildman–Crippen MR) is 93.4 cm³/mol. The molecule has 0 spiro atoms. The summed E-state index contributed by atoms with van der Waals surface area (Å²) in [5, 5.41) is 0. The fraction of sp³-hybridized carbons (Fsp3) is 0.412. The van der Waals surface area contributed by atoms with Crippen LogP contribution in [0.1, 0.15) is 16.1 Å². The lowest BCUT2D eigenvalue weighted by molar-refractivity contribution is 0.0745. The molecule has 126 valence electrons. The Morgan fingerprint density at radius 3 is 2.46 bits per heavy atom. The van der Waals surface area contributed by atoms with E-state index in [9.17, 15) is 4.79 Å². The summed E-state index contributed by atoms with van der Waals surface area (Å²) < 4.78 is 0. The van der Waals surface area contributed by atoms with Crippen LogP contribution in [0.2, 0.25) is 0 Å². The molecule has 0 radical (unpaired) electrons. The number of aryl methyl sites for hydroxylation is 1. The summed E-state index contributed by atoms with van der Waals surface area (Å²) in [4.78, 5) is 31.7. The van der Waals surface area contributed by atoms with Crippen molar-refractivity contribution in [3.8, 4) is 0 Å². The normalized spacial score (nSPS) is 14.6. The molecular weight excluding hydrogens is 304 g/mol. The van der Waals surface area contributed by atoms with Crippen molar-refractivity contribution < 1.29 is 4.79 Å². The first-order valence-electron chi connectivity index (χ1n) is 8.02. The minimum Gasteiger partial charge on any atom is -0.353 e. The Hall–Kier alpha value is -2.70. The zero-order valence-corrected chi connectivity index (χ0v) is 14.3. The SMILES string of the molecule is Cc1nc(N(C)C)ncc1C(=O)N1CCN(c2ccccn2)CC1. The number of pyridine rings is 1. The molecule has 7 heteroatoms. The van der Waals surface area contributed by atoms with E-state index in [4.69, 9.17) is 0 Å². The van der Waals surface area contributed by atoms with Crippen molar-refractivity contribution in [1.29, 1.82) is 0 Å². The Morgan fingerprint density at radius 2 is 1.88 bits per heavy atom. The van der Waals surface area contributed by atoms with E-state index < -0.39 is 0 Å². The second kappa shape index (κ2) is 6.82. The highest BCUT2D eigenvalue weighted by Gasteiger charge is 2.24. The molecule has 7 nitrogen and oxygen atoms in total. The second-order valence-electron chi connectivity index (χ2n) is 6.03. The molecule has 0 bridgehead atoms. The van der Waals surface area contributed by atoms with Gasteiger partial charge < -0.3 is 14.7 Å². The number of hydrogen-bond acceptors (Lipinski definition) is 6. The number of nitrogens with zero attached hydrogens (tertiary/aromatic N) is 6. The summed E-state index contributed by atoms with van der Waals surface area (Å²) in [6, 6.07) is 5.88. The molecule has 24 heavy (non-hydrogen) atoms. The molecule has 1 aliphatic rings. The van der Waals surface area contributed by atoms with Gasteiger partial charge in [0.05, 0.1) is 11.3 Å². The molecule has 0 aromatic carbocycles. The summed E-state index contributed by atoms with van der Waals surface area (Å²) in [5.74, 6) is 1.57. The van der Waals surface area contributed by atoms with Gasteiger partial charge in [-0.3, -0.25) is 4.79 Å². The molecule has 0 saturated carbocycles. The summed E-state index contributed by atoms with van der Waals surface area (Å²) in [6.45, 7) is 4.75. The Morgan fingerprint density at radius 1 is 1.12 bits per heavy atom. The summed E-state index contributed by atoms with van der Waals surface area (Å²) in [5.41, 5.74) is 1.29. The minimum absolute atomic E-state index is 0.00141. The predicted octanol–water partition coefficient (Wildman–Crippen LogP) is 1.21. The van der Waals surface area contributed by atoms with Gasteiger partial charge in [-0.1, -0.05) is 6.07 Å². The van der Waals surface area contributed by atoms with Gasteiger partial charge in [-0.05, 0) is 19.1 Å². The number of amides is 1. The van der Waals surface area contributed by atoms with Crippen molar-refractivity contribution >= 4 is 17.7 Å². The first-order valence-corrected chi connectivity index (χ1v) is 8.02. The molecular formula is C17H22N6O. The fourth-order valence-corrected chi connectivity index (χ4v) is 2.73. The van der Waals surface area contributed by atoms with Gasteiger partial charge in [-0.25, -0.2) is 15.0 Å². The van der Waals surface area contributed by atoms with Gasteiger partial charge in [0, 0.05) is 52.7 Å². The van der Waals surface area contributed by atoms with Crippen LogP contribution in [0.5, 0.6) is 0 Å². The monoisotopic (exact) mass is 326 g/mol. The molecule has 1 aliphatic heterocycles. The number of aromatic nitrogens is 3. The van der Waals surface area contributed by atoms with E-state index in [1.54, 1.807) is 12.4 Å². The van der Waals surface area contributed by atoms with Crippen LogP contribution < -0.4 is 9.80 Å². The fourth-order valence-electron chi connectivity index (χ4n) is 2.73. The summed E-state index contributed by atoms with van der Waals surface area (Å²) in [6.07, 6.45) is 3.42. The second-order valence-corrected chi connectivity index (χ2v) is 6.03. The van der Waals surface area contributed by atoms with E-state index in [-0.39, 0.29) is 5.91 Å². The zero-order chi connectivity index (χ0) is 17.1. The van der Waals surface area contributed by atoms with Crippen LogP contribution in [-0.4, -0.2) is 66.0 Å². The minimum atomic E-state index is -0.00141. The molecule has 2 aromatic heterocycles. The molecule has 2 aromatic rings. The van der Waals surface area contributed by atoms with Crippen molar-refractivity contribution in [3.63, 3.8) is 0 Å². The largest absolute Gasteiger partial charge is 0.353 e. The van der Waals surface area contributed by atoms with Gasteiger partial charge in [0.1, 0.15) is 5.82 Å². The van der Waals surface area contributed by atoms with Gasteiger partial charge in [0.25, 0.3) is 5.91 Å². The van der Waals surface area contributed by atoms with Gasteiger partial charge in [-0.2, -0.15) is 0 Å². The van der Waals surface area contributed by atoms with E-state index in [0.29, 0.717) is 30.3 Å². The van der Waals surface area contributed by atoms with E-state index in [0.717, 1.165) is 18.9 Å². The number of rotatable bonds is 3. The molecule has 0 aliphatic carbocycles. The molecule has 3 heterocycles. The maximum absolute atomic E-state index is 12.7. The van der Waals surface area contributed by atoms with Crippen LogP contribution in [-0.2, 0) is 0 Å². The van der Waals surface area contributed by atoms with Crippen molar-refractivity contribution in [3.05, 3.63) is 41.9 Å². The Kier molecular flexibility index (Phi) is 4.59. The quantitative estimate of drug-likeness (QED) is 0.845. The van der Waals surface area contributed by atoms with Gasteiger partial charge >= 0.3 is 0 Å². The Bertz CT molecular complexity index is 710. The molecule has 3 rings (SSSR count). The molecule has 1 fully saturated rings. The van der Waals surface area contributed by atoms with Gasteiger partial charge in [0.2, 0.25) is 5.95 Å². The number of hydrogen-bond donors (Lipinski definition) is 0. The molecule has 0 N–H and O–H groups in total. The third kappa shape index (κ3) is 3.29. The summed E-state index contributed by atoms with van der Waals surface area (Å²) in [7, 11) is 3.76. The molecule has 0 atom stereocenters.